The van der Waals surface area contributed by atoms with Crippen molar-refractivity contribution in [3.63, 3.8) is 0 Å². The number of hydrogen-bond acceptors (Lipinski definition) is 4. The van der Waals surface area contributed by atoms with Crippen molar-refractivity contribution in [3.8, 4) is 23.0 Å². The summed E-state index contributed by atoms with van der Waals surface area (Å²) in [6.45, 7) is 1.50. The van der Waals surface area contributed by atoms with Gasteiger partial charge in [0.25, 0.3) is 0 Å². The van der Waals surface area contributed by atoms with Crippen LogP contribution < -0.4 is 18.9 Å². The Balaban J connectivity index is 1.45. The molecule has 0 aliphatic rings. The molecular formula is C34H29O4. The molecule has 0 saturated heterocycles. The topological polar surface area (TPSA) is 36.9 Å². The first-order valence-corrected chi connectivity index (χ1v) is 12.6. The van der Waals surface area contributed by atoms with E-state index in [1.165, 1.54) is 0 Å². The van der Waals surface area contributed by atoms with Crippen LogP contribution in [0.1, 0.15) is 22.3 Å². The van der Waals surface area contributed by atoms with E-state index < -0.39 is 0 Å². The van der Waals surface area contributed by atoms with Gasteiger partial charge in [0.2, 0.25) is 5.75 Å². The molecule has 0 aliphatic carbocycles. The molecule has 0 atom stereocenters. The van der Waals surface area contributed by atoms with E-state index in [1.807, 2.05) is 127 Å². The fourth-order valence-electron chi connectivity index (χ4n) is 3.85. The third-order valence-electron chi connectivity index (χ3n) is 5.86. The van der Waals surface area contributed by atoms with Gasteiger partial charge < -0.3 is 18.9 Å². The van der Waals surface area contributed by atoms with E-state index in [1.54, 1.807) is 0 Å². The van der Waals surface area contributed by atoms with Crippen LogP contribution in [-0.4, -0.2) is 0 Å². The number of rotatable bonds is 12. The number of ether oxygens (including phenoxy) is 4. The van der Waals surface area contributed by atoms with Crippen LogP contribution in [0, 0.1) is 6.07 Å². The molecule has 189 valence electrons. The first-order valence-electron chi connectivity index (χ1n) is 12.6. The molecule has 0 spiro atoms. The summed E-state index contributed by atoms with van der Waals surface area (Å²) in [5, 5.41) is 0. The highest BCUT2D eigenvalue weighted by molar-refractivity contribution is 5.55. The Bertz CT molecular complexity index is 1320. The molecule has 1 radical (unpaired) electrons. The van der Waals surface area contributed by atoms with Gasteiger partial charge in [0, 0.05) is 6.07 Å². The molecule has 0 aliphatic heterocycles. The maximum Gasteiger partial charge on any atom is 0.204 e. The van der Waals surface area contributed by atoms with Crippen molar-refractivity contribution < 1.29 is 18.9 Å². The van der Waals surface area contributed by atoms with Crippen LogP contribution in [-0.2, 0) is 26.4 Å². The summed E-state index contributed by atoms with van der Waals surface area (Å²) < 4.78 is 25.0. The number of hydrogen-bond donors (Lipinski definition) is 0. The van der Waals surface area contributed by atoms with E-state index in [0.29, 0.717) is 49.4 Å². The molecule has 5 aromatic rings. The molecular weight excluding hydrogens is 472 g/mol. The standard InChI is InChI=1S/C34H29O4/c1-5-13-27(14-6-1)23-35-31-21-32(36-24-28-15-7-2-8-16-28)34(38-26-30-19-11-4-12-20-30)33(22-31)37-25-29-17-9-3-10-18-29/h1-21H,23-26H2. The Kier molecular flexibility index (Phi) is 8.56. The molecule has 0 aromatic heterocycles. The summed E-state index contributed by atoms with van der Waals surface area (Å²) in [4.78, 5) is 0. The van der Waals surface area contributed by atoms with Crippen molar-refractivity contribution in [2.24, 2.45) is 0 Å². The molecule has 4 heteroatoms. The highest BCUT2D eigenvalue weighted by Crippen LogP contribution is 2.42. The molecule has 5 rings (SSSR count). The quantitative estimate of drug-likeness (QED) is 0.175. The minimum Gasteiger partial charge on any atom is -0.488 e. The van der Waals surface area contributed by atoms with E-state index >= 15 is 0 Å². The summed E-state index contributed by atoms with van der Waals surface area (Å²) >= 11 is 0. The first-order chi connectivity index (χ1) is 18.8. The SMILES string of the molecule is [c]1c(OCc2ccccc2)cc(OCc2ccccc2)c(OCc2ccccc2)c1OCc1ccccc1. The zero-order chi connectivity index (χ0) is 25.8. The summed E-state index contributed by atoms with van der Waals surface area (Å²) in [6.07, 6.45) is 0. The van der Waals surface area contributed by atoms with Gasteiger partial charge in [0.05, 0.1) is 6.07 Å². The Morgan fingerprint density at radius 2 is 0.816 bits per heavy atom. The zero-order valence-electron chi connectivity index (χ0n) is 21.1. The lowest BCUT2D eigenvalue weighted by atomic mass is 10.2. The minimum absolute atomic E-state index is 0.360. The summed E-state index contributed by atoms with van der Waals surface area (Å²) in [6, 6.07) is 45.2. The highest BCUT2D eigenvalue weighted by atomic mass is 16.5. The van der Waals surface area contributed by atoms with Gasteiger partial charge in [0.15, 0.2) is 11.5 Å². The lowest BCUT2D eigenvalue weighted by Crippen LogP contribution is -2.05. The second-order valence-electron chi connectivity index (χ2n) is 8.75. The average Bonchev–Trinajstić information content (AvgIpc) is 2.99. The van der Waals surface area contributed by atoms with E-state index in [2.05, 4.69) is 6.07 Å². The molecule has 0 fully saturated rings. The van der Waals surface area contributed by atoms with Gasteiger partial charge in [0.1, 0.15) is 32.2 Å². The van der Waals surface area contributed by atoms with Crippen molar-refractivity contribution in [1.82, 2.24) is 0 Å². The van der Waals surface area contributed by atoms with Gasteiger partial charge in [-0.25, -0.2) is 0 Å². The summed E-state index contributed by atoms with van der Waals surface area (Å²) in [5.74, 6) is 1.99. The lowest BCUT2D eigenvalue weighted by molar-refractivity contribution is 0.225. The Labute approximate surface area is 224 Å². The predicted molar refractivity (Wildman–Crippen MR) is 148 cm³/mol. The molecule has 0 bridgehead atoms. The van der Waals surface area contributed by atoms with Crippen molar-refractivity contribution in [2.75, 3.05) is 0 Å². The third kappa shape index (κ3) is 7.17. The van der Waals surface area contributed by atoms with Gasteiger partial charge in [-0.15, -0.1) is 0 Å². The Hall–Kier alpha value is -4.70. The zero-order valence-corrected chi connectivity index (χ0v) is 21.1. The molecule has 0 heterocycles. The minimum atomic E-state index is 0.360. The van der Waals surface area contributed by atoms with Gasteiger partial charge >= 0.3 is 0 Å². The van der Waals surface area contributed by atoms with Crippen LogP contribution in [0.25, 0.3) is 0 Å². The van der Waals surface area contributed by atoms with Crippen LogP contribution in [0.15, 0.2) is 127 Å². The molecule has 38 heavy (non-hydrogen) atoms. The molecule has 4 nitrogen and oxygen atoms in total. The highest BCUT2D eigenvalue weighted by Gasteiger charge is 2.18. The predicted octanol–water partition coefficient (Wildman–Crippen LogP) is 7.80. The second kappa shape index (κ2) is 13.0. The van der Waals surface area contributed by atoms with E-state index in [-0.39, 0.29) is 0 Å². The van der Waals surface area contributed by atoms with Crippen LogP contribution in [0.4, 0.5) is 0 Å². The van der Waals surface area contributed by atoms with E-state index in [0.717, 1.165) is 22.3 Å². The maximum atomic E-state index is 6.31. The fraction of sp³-hybridized carbons (Fsp3) is 0.118. The first kappa shape index (κ1) is 25.0. The van der Waals surface area contributed by atoms with Crippen LogP contribution in [0.3, 0.4) is 0 Å². The maximum absolute atomic E-state index is 6.31. The molecule has 0 amide bonds. The Morgan fingerprint density at radius 1 is 0.421 bits per heavy atom. The normalized spacial score (nSPS) is 10.5. The monoisotopic (exact) mass is 501 g/mol. The van der Waals surface area contributed by atoms with Gasteiger partial charge in [-0.3, -0.25) is 0 Å². The second-order valence-corrected chi connectivity index (χ2v) is 8.75. The molecule has 5 aromatic carbocycles. The average molecular weight is 502 g/mol. The molecule has 0 N–H and O–H groups in total. The lowest BCUT2D eigenvalue weighted by Gasteiger charge is -2.19. The third-order valence-corrected chi connectivity index (χ3v) is 5.86. The Morgan fingerprint density at radius 3 is 1.29 bits per heavy atom. The van der Waals surface area contributed by atoms with Crippen molar-refractivity contribution in [3.05, 3.63) is 156 Å². The van der Waals surface area contributed by atoms with Crippen LogP contribution in [0.5, 0.6) is 23.0 Å². The molecule has 0 unspecified atom stereocenters. The molecule has 0 saturated carbocycles. The fourth-order valence-corrected chi connectivity index (χ4v) is 3.85. The number of benzene rings is 5. The summed E-state index contributed by atoms with van der Waals surface area (Å²) in [5.41, 5.74) is 4.19. The smallest absolute Gasteiger partial charge is 0.204 e. The van der Waals surface area contributed by atoms with Gasteiger partial charge in [-0.05, 0) is 22.3 Å². The van der Waals surface area contributed by atoms with Gasteiger partial charge in [-0.2, -0.15) is 0 Å². The summed E-state index contributed by atoms with van der Waals surface area (Å²) in [7, 11) is 0. The van der Waals surface area contributed by atoms with Crippen LogP contribution in [0.2, 0.25) is 0 Å². The van der Waals surface area contributed by atoms with Crippen molar-refractivity contribution in [2.45, 2.75) is 26.4 Å². The largest absolute Gasteiger partial charge is 0.488 e. The van der Waals surface area contributed by atoms with E-state index in [4.69, 9.17) is 18.9 Å². The van der Waals surface area contributed by atoms with E-state index in [9.17, 15) is 0 Å². The van der Waals surface area contributed by atoms with Crippen molar-refractivity contribution in [1.29, 1.82) is 0 Å². The van der Waals surface area contributed by atoms with Gasteiger partial charge in [-0.1, -0.05) is 121 Å². The van der Waals surface area contributed by atoms with Crippen molar-refractivity contribution >= 4 is 0 Å². The van der Waals surface area contributed by atoms with Crippen LogP contribution >= 0.6 is 0 Å².